The molecule has 2 rings (SSSR count). The van der Waals surface area contributed by atoms with Crippen molar-refractivity contribution in [3.8, 4) is 0 Å². The highest BCUT2D eigenvalue weighted by Gasteiger charge is 2.30. The second kappa shape index (κ2) is 6.69. The Hall–Kier alpha value is -2.22. The van der Waals surface area contributed by atoms with E-state index in [0.29, 0.717) is 5.69 Å². The van der Waals surface area contributed by atoms with Gasteiger partial charge in [-0.3, -0.25) is 20.2 Å². The van der Waals surface area contributed by atoms with Crippen molar-refractivity contribution >= 4 is 17.1 Å². The Morgan fingerprint density at radius 2 is 2.00 bits per heavy atom. The van der Waals surface area contributed by atoms with Crippen LogP contribution in [0.5, 0.6) is 0 Å². The summed E-state index contributed by atoms with van der Waals surface area (Å²) in [6, 6.07) is 4.13. The Balaban J connectivity index is 2.30. The van der Waals surface area contributed by atoms with Crippen molar-refractivity contribution in [3.63, 3.8) is 0 Å². The van der Waals surface area contributed by atoms with Crippen LogP contribution >= 0.6 is 0 Å². The highest BCUT2D eigenvalue weighted by atomic mass is 16.6. The number of benzene rings is 1. The molecular weight excluding hydrogens is 288 g/mol. The van der Waals surface area contributed by atoms with Crippen LogP contribution in [0.15, 0.2) is 18.2 Å². The molecule has 1 unspecified atom stereocenters. The minimum Gasteiger partial charge on any atom is -0.363 e. The van der Waals surface area contributed by atoms with Crippen molar-refractivity contribution < 1.29 is 9.85 Å². The van der Waals surface area contributed by atoms with Crippen LogP contribution in [0, 0.1) is 20.2 Å². The molecule has 1 aliphatic rings. The standard InChI is InChI=1S/C14H20N4O4/c1-15(2)9-7-11-4-3-8-16(11)13-6-5-12(17(19)20)10-14(13)18(21)22/h5-6,10-11H,3-4,7-9H2,1-2H3. The zero-order valence-electron chi connectivity index (χ0n) is 12.8. The summed E-state index contributed by atoms with van der Waals surface area (Å²) in [4.78, 5) is 25.0. The Bertz CT molecular complexity index is 576. The first-order chi connectivity index (χ1) is 10.4. The van der Waals surface area contributed by atoms with Gasteiger partial charge in [0.1, 0.15) is 5.69 Å². The molecule has 0 aromatic heterocycles. The summed E-state index contributed by atoms with van der Waals surface area (Å²) in [7, 11) is 3.99. The van der Waals surface area contributed by atoms with Gasteiger partial charge in [0, 0.05) is 18.7 Å². The van der Waals surface area contributed by atoms with E-state index in [-0.39, 0.29) is 17.4 Å². The molecule has 1 fully saturated rings. The first-order valence-electron chi connectivity index (χ1n) is 7.24. The minimum atomic E-state index is -0.607. The molecule has 0 N–H and O–H groups in total. The largest absolute Gasteiger partial charge is 0.363 e. The predicted octanol–water partition coefficient (Wildman–Crippen LogP) is 2.42. The number of non-ortho nitro benzene ring substituents is 1. The molecule has 0 bridgehead atoms. The number of hydrogen-bond acceptors (Lipinski definition) is 6. The van der Waals surface area contributed by atoms with Crippen LogP contribution in [0.25, 0.3) is 0 Å². The van der Waals surface area contributed by atoms with Crippen molar-refractivity contribution in [3.05, 3.63) is 38.4 Å². The van der Waals surface area contributed by atoms with Gasteiger partial charge in [-0.2, -0.15) is 0 Å². The maximum Gasteiger partial charge on any atom is 0.299 e. The third-order valence-electron chi connectivity index (χ3n) is 3.96. The van der Waals surface area contributed by atoms with E-state index in [9.17, 15) is 20.2 Å². The molecule has 0 saturated carbocycles. The molecule has 22 heavy (non-hydrogen) atoms. The summed E-state index contributed by atoms with van der Waals surface area (Å²) in [5.41, 5.74) is 0.0438. The Labute approximate surface area is 128 Å². The minimum absolute atomic E-state index is 0.189. The molecule has 0 amide bonds. The molecule has 0 aliphatic carbocycles. The summed E-state index contributed by atoms with van der Waals surface area (Å²) in [6.07, 6.45) is 2.88. The molecule has 8 heteroatoms. The van der Waals surface area contributed by atoms with E-state index in [1.807, 2.05) is 19.0 Å². The normalized spacial score (nSPS) is 18.0. The Morgan fingerprint density at radius 1 is 1.27 bits per heavy atom. The zero-order valence-corrected chi connectivity index (χ0v) is 12.8. The van der Waals surface area contributed by atoms with Gasteiger partial charge in [-0.15, -0.1) is 0 Å². The molecule has 1 saturated heterocycles. The molecule has 1 aromatic rings. The highest BCUT2D eigenvalue weighted by Crippen LogP contribution is 2.36. The third kappa shape index (κ3) is 3.51. The van der Waals surface area contributed by atoms with Gasteiger partial charge in [-0.25, -0.2) is 0 Å². The summed E-state index contributed by atoms with van der Waals surface area (Å²) in [6.45, 7) is 1.65. The lowest BCUT2D eigenvalue weighted by Gasteiger charge is -2.27. The van der Waals surface area contributed by atoms with Crippen molar-refractivity contribution in [2.45, 2.75) is 25.3 Å². The first kappa shape index (κ1) is 16.2. The van der Waals surface area contributed by atoms with E-state index in [1.165, 1.54) is 12.1 Å². The van der Waals surface area contributed by atoms with Gasteiger partial charge in [0.2, 0.25) is 0 Å². The van der Waals surface area contributed by atoms with Crippen molar-refractivity contribution in [1.82, 2.24) is 4.90 Å². The lowest BCUT2D eigenvalue weighted by atomic mass is 10.1. The fraction of sp³-hybridized carbons (Fsp3) is 0.571. The Kier molecular flexibility index (Phi) is 4.92. The summed E-state index contributed by atoms with van der Waals surface area (Å²) >= 11 is 0. The van der Waals surface area contributed by atoms with E-state index in [4.69, 9.17) is 0 Å². The maximum absolute atomic E-state index is 11.3. The average Bonchev–Trinajstić information content (AvgIpc) is 2.92. The number of rotatable bonds is 6. The van der Waals surface area contributed by atoms with Gasteiger partial charge >= 0.3 is 0 Å². The number of anilines is 1. The molecule has 0 spiro atoms. The second-order valence-electron chi connectivity index (χ2n) is 5.77. The smallest absolute Gasteiger partial charge is 0.299 e. The second-order valence-corrected chi connectivity index (χ2v) is 5.77. The van der Waals surface area contributed by atoms with Crippen LogP contribution < -0.4 is 4.90 Å². The highest BCUT2D eigenvalue weighted by molar-refractivity contribution is 5.67. The van der Waals surface area contributed by atoms with Gasteiger partial charge < -0.3 is 9.80 Å². The quantitative estimate of drug-likeness (QED) is 0.592. The molecule has 1 aromatic carbocycles. The monoisotopic (exact) mass is 308 g/mol. The van der Waals surface area contributed by atoms with Crippen LogP contribution in [0.1, 0.15) is 19.3 Å². The van der Waals surface area contributed by atoms with Crippen molar-refractivity contribution in [2.75, 3.05) is 32.1 Å². The molecule has 8 nitrogen and oxygen atoms in total. The molecule has 1 atom stereocenters. The zero-order chi connectivity index (χ0) is 16.3. The lowest BCUT2D eigenvalue weighted by molar-refractivity contribution is -0.393. The van der Waals surface area contributed by atoms with Gasteiger partial charge in [0.25, 0.3) is 11.4 Å². The van der Waals surface area contributed by atoms with Crippen LogP contribution in [0.2, 0.25) is 0 Å². The molecule has 120 valence electrons. The summed E-state index contributed by atoms with van der Waals surface area (Å²) < 4.78 is 0. The van der Waals surface area contributed by atoms with Gasteiger partial charge in [-0.05, 0) is 46.0 Å². The van der Waals surface area contributed by atoms with E-state index < -0.39 is 9.85 Å². The molecular formula is C14H20N4O4. The average molecular weight is 308 g/mol. The SMILES string of the molecule is CN(C)CCC1CCCN1c1ccc([N+](=O)[O-])cc1[N+](=O)[O-]. The topological polar surface area (TPSA) is 92.8 Å². The third-order valence-corrected chi connectivity index (χ3v) is 3.96. The van der Waals surface area contributed by atoms with Crippen LogP contribution in [0.3, 0.4) is 0 Å². The van der Waals surface area contributed by atoms with Crippen LogP contribution in [-0.2, 0) is 0 Å². The lowest BCUT2D eigenvalue weighted by Crippen LogP contribution is -2.32. The van der Waals surface area contributed by atoms with E-state index in [2.05, 4.69) is 4.90 Å². The predicted molar refractivity (Wildman–Crippen MR) is 83.3 cm³/mol. The molecule has 0 radical (unpaired) electrons. The van der Waals surface area contributed by atoms with Gasteiger partial charge in [0.15, 0.2) is 0 Å². The number of nitrogens with zero attached hydrogens (tertiary/aromatic N) is 4. The van der Waals surface area contributed by atoms with Crippen LogP contribution in [0.4, 0.5) is 17.1 Å². The first-order valence-corrected chi connectivity index (χ1v) is 7.24. The molecule has 1 aliphatic heterocycles. The fourth-order valence-corrected chi connectivity index (χ4v) is 2.87. The maximum atomic E-state index is 11.3. The van der Waals surface area contributed by atoms with Gasteiger partial charge in [0.05, 0.1) is 15.9 Å². The molecule has 1 heterocycles. The van der Waals surface area contributed by atoms with Crippen LogP contribution in [-0.4, -0.2) is 48.0 Å². The van der Waals surface area contributed by atoms with Gasteiger partial charge in [-0.1, -0.05) is 0 Å². The van der Waals surface area contributed by atoms with Crippen molar-refractivity contribution in [2.24, 2.45) is 0 Å². The van der Waals surface area contributed by atoms with E-state index in [1.54, 1.807) is 0 Å². The number of nitro groups is 2. The Morgan fingerprint density at radius 3 is 2.59 bits per heavy atom. The number of nitro benzene ring substituents is 2. The fourth-order valence-electron chi connectivity index (χ4n) is 2.87. The van der Waals surface area contributed by atoms with E-state index in [0.717, 1.165) is 38.4 Å². The summed E-state index contributed by atoms with van der Waals surface area (Å²) in [5, 5.41) is 22.1. The van der Waals surface area contributed by atoms with Crippen molar-refractivity contribution in [1.29, 1.82) is 0 Å². The number of hydrogen-bond donors (Lipinski definition) is 0. The summed E-state index contributed by atoms with van der Waals surface area (Å²) in [5.74, 6) is 0. The van der Waals surface area contributed by atoms with E-state index >= 15 is 0 Å².